The quantitative estimate of drug-likeness (QED) is 0.786. The first-order valence-corrected chi connectivity index (χ1v) is 4.77. The average molecular weight is 262 g/mol. The van der Waals surface area contributed by atoms with Crippen LogP contribution in [0.1, 0.15) is 5.56 Å². The van der Waals surface area contributed by atoms with E-state index in [1.165, 1.54) is 20.3 Å². The van der Waals surface area contributed by atoms with Crippen LogP contribution in [0.3, 0.4) is 0 Å². The molecular formula is C11H16ClNO4. The fourth-order valence-corrected chi connectivity index (χ4v) is 1.35. The summed E-state index contributed by atoms with van der Waals surface area (Å²) in [7, 11) is 2.75. The fraction of sp³-hybridized carbons (Fsp3) is 0.364. The molecule has 0 amide bonds. The lowest BCUT2D eigenvalue weighted by atomic mass is 10.1. The van der Waals surface area contributed by atoms with Crippen LogP contribution in [0.25, 0.3) is 0 Å². The zero-order chi connectivity index (χ0) is 12.1. The minimum atomic E-state index is -0.724. The van der Waals surface area contributed by atoms with Crippen LogP contribution in [0.15, 0.2) is 18.2 Å². The summed E-state index contributed by atoms with van der Waals surface area (Å²) in [6.07, 6.45) is 0.310. The van der Waals surface area contributed by atoms with Crippen LogP contribution in [-0.4, -0.2) is 31.3 Å². The van der Waals surface area contributed by atoms with E-state index in [0.29, 0.717) is 12.2 Å². The molecule has 1 rings (SSSR count). The molecule has 0 bridgehead atoms. The minimum absolute atomic E-state index is 0. The smallest absolute Gasteiger partial charge is 0.322 e. The summed E-state index contributed by atoms with van der Waals surface area (Å²) < 4.78 is 9.41. The first kappa shape index (κ1) is 15.5. The van der Waals surface area contributed by atoms with Gasteiger partial charge >= 0.3 is 5.97 Å². The van der Waals surface area contributed by atoms with E-state index in [1.54, 1.807) is 12.1 Å². The molecule has 0 heterocycles. The SMILES string of the molecule is COC(=O)C(N)Cc1ccc(OC)c(O)c1.Cl. The first-order valence-electron chi connectivity index (χ1n) is 4.77. The molecule has 1 atom stereocenters. The van der Waals surface area contributed by atoms with E-state index in [4.69, 9.17) is 10.5 Å². The minimum Gasteiger partial charge on any atom is -0.504 e. The van der Waals surface area contributed by atoms with Crippen LogP contribution in [0.2, 0.25) is 0 Å². The summed E-state index contributed by atoms with van der Waals surface area (Å²) in [5, 5.41) is 9.52. The van der Waals surface area contributed by atoms with Crippen molar-refractivity contribution < 1.29 is 19.4 Å². The molecule has 6 heteroatoms. The predicted molar refractivity (Wildman–Crippen MR) is 65.6 cm³/mol. The molecule has 3 N–H and O–H groups in total. The highest BCUT2D eigenvalue weighted by Crippen LogP contribution is 2.26. The van der Waals surface area contributed by atoms with Gasteiger partial charge in [0.2, 0.25) is 0 Å². The molecule has 0 fully saturated rings. The van der Waals surface area contributed by atoms with Crippen LogP contribution >= 0.6 is 12.4 Å². The lowest BCUT2D eigenvalue weighted by Crippen LogP contribution is -2.33. The molecule has 5 nitrogen and oxygen atoms in total. The van der Waals surface area contributed by atoms with Crippen molar-refractivity contribution in [3.8, 4) is 11.5 Å². The molecule has 0 saturated heterocycles. The van der Waals surface area contributed by atoms with Gasteiger partial charge in [0.25, 0.3) is 0 Å². The van der Waals surface area contributed by atoms with E-state index < -0.39 is 12.0 Å². The van der Waals surface area contributed by atoms with E-state index in [-0.39, 0.29) is 18.2 Å². The number of aromatic hydroxyl groups is 1. The lowest BCUT2D eigenvalue weighted by molar-refractivity contribution is -0.142. The Morgan fingerprint density at radius 2 is 2.12 bits per heavy atom. The fourth-order valence-electron chi connectivity index (χ4n) is 1.35. The number of ether oxygens (including phenoxy) is 2. The molecule has 17 heavy (non-hydrogen) atoms. The summed E-state index contributed by atoms with van der Waals surface area (Å²) in [6.45, 7) is 0. The largest absolute Gasteiger partial charge is 0.504 e. The third kappa shape index (κ3) is 4.13. The molecule has 1 aromatic rings. The van der Waals surface area contributed by atoms with Gasteiger partial charge < -0.3 is 20.3 Å². The summed E-state index contributed by atoms with van der Waals surface area (Å²) in [4.78, 5) is 11.1. The number of nitrogens with two attached hydrogens (primary N) is 1. The van der Waals surface area contributed by atoms with Crippen molar-refractivity contribution in [1.29, 1.82) is 0 Å². The summed E-state index contributed by atoms with van der Waals surface area (Å²) in [5.74, 6) is -0.0669. The van der Waals surface area contributed by atoms with E-state index in [2.05, 4.69) is 4.74 Å². The Labute approximate surface area is 106 Å². The Morgan fingerprint density at radius 1 is 1.47 bits per heavy atom. The lowest BCUT2D eigenvalue weighted by Gasteiger charge is -2.10. The van der Waals surface area contributed by atoms with Crippen molar-refractivity contribution in [3.63, 3.8) is 0 Å². The van der Waals surface area contributed by atoms with Crippen molar-refractivity contribution in [2.24, 2.45) is 5.73 Å². The molecule has 0 spiro atoms. The first-order chi connectivity index (χ1) is 7.58. The maximum Gasteiger partial charge on any atom is 0.322 e. The zero-order valence-corrected chi connectivity index (χ0v) is 10.5. The third-order valence-corrected chi connectivity index (χ3v) is 2.20. The zero-order valence-electron chi connectivity index (χ0n) is 9.67. The maximum atomic E-state index is 11.1. The van der Waals surface area contributed by atoms with E-state index >= 15 is 0 Å². The van der Waals surface area contributed by atoms with E-state index in [9.17, 15) is 9.90 Å². The number of hydrogen-bond donors (Lipinski definition) is 2. The highest BCUT2D eigenvalue weighted by Gasteiger charge is 2.15. The van der Waals surface area contributed by atoms with Gasteiger partial charge in [0.05, 0.1) is 14.2 Å². The van der Waals surface area contributed by atoms with E-state index in [0.717, 1.165) is 5.56 Å². The molecule has 96 valence electrons. The molecule has 0 aromatic heterocycles. The molecule has 0 aliphatic heterocycles. The molecular weight excluding hydrogens is 246 g/mol. The summed E-state index contributed by atoms with van der Waals surface area (Å²) >= 11 is 0. The number of halogens is 1. The van der Waals surface area contributed by atoms with Gasteiger partial charge in [-0.15, -0.1) is 12.4 Å². The van der Waals surface area contributed by atoms with Gasteiger partial charge in [-0.05, 0) is 24.1 Å². The van der Waals surface area contributed by atoms with Crippen molar-refractivity contribution in [1.82, 2.24) is 0 Å². The van der Waals surface area contributed by atoms with Gasteiger partial charge in [-0.1, -0.05) is 6.07 Å². The van der Waals surface area contributed by atoms with Crippen LogP contribution in [0, 0.1) is 0 Å². The number of esters is 1. The Balaban J connectivity index is 0.00000256. The normalized spacial score (nSPS) is 11.2. The number of phenolic OH excluding ortho intramolecular Hbond substituents is 1. The third-order valence-electron chi connectivity index (χ3n) is 2.20. The topological polar surface area (TPSA) is 81.8 Å². The standard InChI is InChI=1S/C11H15NO4.ClH/c1-15-10-4-3-7(6-9(10)13)5-8(12)11(14)16-2;/h3-4,6,8,13H,5,12H2,1-2H3;1H. The number of benzene rings is 1. The highest BCUT2D eigenvalue weighted by molar-refractivity contribution is 5.85. The predicted octanol–water partition coefficient (Wildman–Crippen LogP) is 0.865. The van der Waals surface area contributed by atoms with Gasteiger partial charge in [0.1, 0.15) is 6.04 Å². The number of hydrogen-bond acceptors (Lipinski definition) is 5. The van der Waals surface area contributed by atoms with Gasteiger partial charge in [-0.25, -0.2) is 0 Å². The molecule has 0 aliphatic carbocycles. The van der Waals surface area contributed by atoms with Gasteiger partial charge in [0.15, 0.2) is 11.5 Å². The number of methoxy groups -OCH3 is 2. The molecule has 0 saturated carbocycles. The Kier molecular flexibility index (Phi) is 6.38. The van der Waals surface area contributed by atoms with Crippen molar-refractivity contribution >= 4 is 18.4 Å². The summed E-state index contributed by atoms with van der Waals surface area (Å²) in [5.41, 5.74) is 6.34. The second-order valence-corrected chi connectivity index (χ2v) is 3.34. The van der Waals surface area contributed by atoms with Crippen LogP contribution in [-0.2, 0) is 16.0 Å². The highest BCUT2D eigenvalue weighted by atomic mass is 35.5. The number of carbonyl (C=O) groups is 1. The molecule has 0 radical (unpaired) electrons. The Morgan fingerprint density at radius 3 is 2.59 bits per heavy atom. The molecule has 1 unspecified atom stereocenters. The van der Waals surface area contributed by atoms with E-state index in [1.807, 2.05) is 0 Å². The maximum absolute atomic E-state index is 11.1. The monoisotopic (exact) mass is 261 g/mol. The number of carbonyl (C=O) groups excluding carboxylic acids is 1. The van der Waals surface area contributed by atoms with Crippen molar-refractivity contribution in [2.45, 2.75) is 12.5 Å². The second-order valence-electron chi connectivity index (χ2n) is 3.34. The van der Waals surface area contributed by atoms with Crippen LogP contribution in [0.4, 0.5) is 0 Å². The molecule has 1 aromatic carbocycles. The Hall–Kier alpha value is -1.46. The van der Waals surface area contributed by atoms with Crippen LogP contribution in [0.5, 0.6) is 11.5 Å². The van der Waals surface area contributed by atoms with Crippen molar-refractivity contribution in [3.05, 3.63) is 23.8 Å². The molecule has 0 aliphatic rings. The number of phenols is 1. The summed E-state index contributed by atoms with van der Waals surface area (Å²) in [6, 6.07) is 4.15. The van der Waals surface area contributed by atoms with Crippen LogP contribution < -0.4 is 10.5 Å². The van der Waals surface area contributed by atoms with Gasteiger partial charge in [0, 0.05) is 0 Å². The van der Waals surface area contributed by atoms with Gasteiger partial charge in [-0.3, -0.25) is 4.79 Å². The van der Waals surface area contributed by atoms with Crippen molar-refractivity contribution in [2.75, 3.05) is 14.2 Å². The average Bonchev–Trinajstić information content (AvgIpc) is 2.28. The number of rotatable bonds is 4. The van der Waals surface area contributed by atoms with Gasteiger partial charge in [-0.2, -0.15) is 0 Å². The second kappa shape index (κ2) is 6.98. The Bertz CT molecular complexity index is 384.